The third-order valence-corrected chi connectivity index (χ3v) is 4.78. The smallest absolute Gasteiger partial charge is 0.224 e. The molecule has 0 saturated carbocycles. The Bertz CT molecular complexity index is 792. The van der Waals surface area contributed by atoms with E-state index in [0.29, 0.717) is 35.1 Å². The topological polar surface area (TPSA) is 73.3 Å². The van der Waals surface area contributed by atoms with Crippen molar-refractivity contribution < 1.29 is 14.3 Å². The summed E-state index contributed by atoms with van der Waals surface area (Å²) in [5.41, 5.74) is 3.32. The van der Waals surface area contributed by atoms with Crippen molar-refractivity contribution in [1.82, 2.24) is 9.97 Å². The van der Waals surface area contributed by atoms with Crippen molar-refractivity contribution in [2.24, 2.45) is 0 Å². The van der Waals surface area contributed by atoms with Gasteiger partial charge >= 0.3 is 0 Å². The van der Waals surface area contributed by atoms with Gasteiger partial charge in [0, 0.05) is 29.9 Å². The van der Waals surface area contributed by atoms with Gasteiger partial charge in [-0.1, -0.05) is 23.4 Å². The van der Waals surface area contributed by atoms with Crippen LogP contribution in [0.1, 0.15) is 23.4 Å². The largest absolute Gasteiger partial charge is 0.495 e. The molecule has 6 nitrogen and oxygen atoms in total. The van der Waals surface area contributed by atoms with E-state index in [9.17, 15) is 4.79 Å². The maximum Gasteiger partial charge on any atom is 0.224 e. The number of nitrogens with zero attached hydrogens (tertiary/aromatic N) is 2. The van der Waals surface area contributed by atoms with Gasteiger partial charge in [-0.15, -0.1) is 0 Å². The molecular weight excluding hydrogens is 374 g/mol. The number of hydrogen-bond acceptors (Lipinski definition) is 6. The number of ether oxygens (including phenoxy) is 2. The molecule has 0 aliphatic rings. The van der Waals surface area contributed by atoms with Crippen LogP contribution in [0.2, 0.25) is 5.02 Å². The summed E-state index contributed by atoms with van der Waals surface area (Å²) in [5, 5.41) is 4.01. The molecule has 0 saturated heterocycles. The molecule has 140 valence electrons. The van der Waals surface area contributed by atoms with Gasteiger partial charge in [0.1, 0.15) is 11.5 Å². The molecule has 0 fully saturated rings. The lowest BCUT2D eigenvalue weighted by Crippen LogP contribution is -2.14. The Kier molecular flexibility index (Phi) is 7.11. The SMILES string of the molecule is COc1cc(NC(=O)CCc2c(C)nc(SC)nc2C)c(OC)cc1Cl. The summed E-state index contributed by atoms with van der Waals surface area (Å²) in [6.07, 6.45) is 2.80. The number of anilines is 1. The summed E-state index contributed by atoms with van der Waals surface area (Å²) < 4.78 is 10.5. The molecule has 0 bridgehead atoms. The quantitative estimate of drug-likeness (QED) is 0.563. The lowest BCUT2D eigenvalue weighted by Gasteiger charge is -2.14. The van der Waals surface area contributed by atoms with E-state index in [1.165, 1.54) is 26.0 Å². The molecule has 0 unspecified atom stereocenters. The molecule has 1 amide bonds. The Labute approximate surface area is 162 Å². The predicted octanol–water partition coefficient (Wildman–Crippen LogP) is 4.06. The van der Waals surface area contributed by atoms with Crippen LogP contribution >= 0.6 is 23.4 Å². The van der Waals surface area contributed by atoms with Crippen molar-refractivity contribution in [1.29, 1.82) is 0 Å². The highest BCUT2D eigenvalue weighted by atomic mass is 35.5. The fourth-order valence-electron chi connectivity index (χ4n) is 2.57. The fraction of sp³-hybridized carbons (Fsp3) is 0.389. The molecule has 2 aromatic rings. The minimum Gasteiger partial charge on any atom is -0.495 e. The van der Waals surface area contributed by atoms with Gasteiger partial charge in [-0.05, 0) is 32.1 Å². The van der Waals surface area contributed by atoms with E-state index < -0.39 is 0 Å². The number of carbonyl (C=O) groups excluding carboxylic acids is 1. The lowest BCUT2D eigenvalue weighted by molar-refractivity contribution is -0.116. The van der Waals surface area contributed by atoms with Crippen molar-refractivity contribution >= 4 is 35.0 Å². The molecular formula is C18H22ClN3O3S. The van der Waals surface area contributed by atoms with Crippen LogP contribution in [0.5, 0.6) is 11.5 Å². The van der Waals surface area contributed by atoms with Crippen LogP contribution in [0, 0.1) is 13.8 Å². The number of benzene rings is 1. The molecule has 0 atom stereocenters. The molecule has 1 aromatic carbocycles. The highest BCUT2D eigenvalue weighted by Gasteiger charge is 2.14. The maximum atomic E-state index is 12.4. The van der Waals surface area contributed by atoms with E-state index in [1.807, 2.05) is 20.1 Å². The molecule has 0 aliphatic heterocycles. The Morgan fingerprint density at radius 1 is 1.15 bits per heavy atom. The van der Waals surface area contributed by atoms with E-state index >= 15 is 0 Å². The Balaban J connectivity index is 2.10. The van der Waals surface area contributed by atoms with E-state index in [4.69, 9.17) is 21.1 Å². The number of hydrogen-bond donors (Lipinski definition) is 1. The first-order chi connectivity index (χ1) is 12.4. The van der Waals surface area contributed by atoms with Crippen LogP contribution in [0.25, 0.3) is 0 Å². The van der Waals surface area contributed by atoms with Gasteiger partial charge in [0.15, 0.2) is 5.16 Å². The van der Waals surface area contributed by atoms with Crippen molar-refractivity contribution in [3.8, 4) is 11.5 Å². The van der Waals surface area contributed by atoms with Crippen LogP contribution in [-0.4, -0.2) is 36.4 Å². The number of halogens is 1. The first-order valence-electron chi connectivity index (χ1n) is 7.99. The van der Waals surface area contributed by atoms with Crippen LogP contribution in [0.3, 0.4) is 0 Å². The summed E-state index contributed by atoms with van der Waals surface area (Å²) in [4.78, 5) is 21.3. The third kappa shape index (κ3) is 4.80. The van der Waals surface area contributed by atoms with Gasteiger partial charge in [-0.3, -0.25) is 4.79 Å². The molecule has 26 heavy (non-hydrogen) atoms. The standard InChI is InChI=1S/C18H22ClN3O3S/c1-10-12(11(2)21-18(20-10)26-5)6-7-17(23)22-14-9-15(24-3)13(19)8-16(14)25-4/h8-9H,6-7H2,1-5H3,(H,22,23). The third-order valence-electron chi connectivity index (χ3n) is 3.93. The zero-order valence-corrected chi connectivity index (χ0v) is 17.0. The van der Waals surface area contributed by atoms with Crippen LogP contribution < -0.4 is 14.8 Å². The fourth-order valence-corrected chi connectivity index (χ4v) is 3.26. The first kappa shape index (κ1) is 20.3. The summed E-state index contributed by atoms with van der Waals surface area (Å²) in [6, 6.07) is 3.26. The van der Waals surface area contributed by atoms with Gasteiger partial charge in [0.25, 0.3) is 0 Å². The number of aryl methyl sites for hydroxylation is 2. The number of rotatable bonds is 7. The summed E-state index contributed by atoms with van der Waals surface area (Å²) >= 11 is 7.59. The van der Waals surface area contributed by atoms with Crippen molar-refractivity contribution in [2.75, 3.05) is 25.8 Å². The molecule has 1 heterocycles. The van der Waals surface area contributed by atoms with Gasteiger partial charge in [-0.25, -0.2) is 9.97 Å². The summed E-state index contributed by atoms with van der Waals surface area (Å²) in [7, 11) is 3.04. The summed E-state index contributed by atoms with van der Waals surface area (Å²) in [5.74, 6) is 0.806. The highest BCUT2D eigenvalue weighted by Crippen LogP contribution is 2.36. The molecule has 0 spiro atoms. The molecule has 1 N–H and O–H groups in total. The van der Waals surface area contributed by atoms with Gasteiger partial charge in [-0.2, -0.15) is 0 Å². The Morgan fingerprint density at radius 2 is 1.77 bits per heavy atom. The van der Waals surface area contributed by atoms with E-state index in [-0.39, 0.29) is 5.91 Å². The second-order valence-electron chi connectivity index (χ2n) is 5.59. The molecule has 8 heteroatoms. The monoisotopic (exact) mass is 395 g/mol. The van der Waals surface area contributed by atoms with Crippen LogP contribution in [0.4, 0.5) is 5.69 Å². The second-order valence-corrected chi connectivity index (χ2v) is 6.78. The number of thioether (sulfide) groups is 1. The van der Waals surface area contributed by atoms with Gasteiger partial charge < -0.3 is 14.8 Å². The van der Waals surface area contributed by atoms with E-state index in [1.54, 1.807) is 12.1 Å². The second kappa shape index (κ2) is 9.09. The first-order valence-corrected chi connectivity index (χ1v) is 9.59. The minimum atomic E-state index is -0.139. The lowest BCUT2D eigenvalue weighted by atomic mass is 10.1. The minimum absolute atomic E-state index is 0.139. The Hall–Kier alpha value is -1.99. The average molecular weight is 396 g/mol. The van der Waals surface area contributed by atoms with Crippen molar-refractivity contribution in [2.45, 2.75) is 31.8 Å². The van der Waals surface area contributed by atoms with Crippen molar-refractivity contribution in [3.05, 3.63) is 34.1 Å². The zero-order chi connectivity index (χ0) is 19.3. The molecule has 0 aliphatic carbocycles. The number of amides is 1. The van der Waals surface area contributed by atoms with Gasteiger partial charge in [0.05, 0.1) is 24.9 Å². The number of aromatic nitrogens is 2. The Morgan fingerprint density at radius 3 is 2.31 bits per heavy atom. The zero-order valence-electron chi connectivity index (χ0n) is 15.5. The number of methoxy groups -OCH3 is 2. The highest BCUT2D eigenvalue weighted by molar-refractivity contribution is 7.98. The van der Waals surface area contributed by atoms with E-state index in [2.05, 4.69) is 15.3 Å². The normalized spacial score (nSPS) is 10.5. The predicted molar refractivity (Wildman–Crippen MR) is 105 cm³/mol. The molecule has 2 rings (SSSR count). The maximum absolute atomic E-state index is 12.4. The van der Waals surface area contributed by atoms with E-state index in [0.717, 1.165) is 22.1 Å². The summed E-state index contributed by atoms with van der Waals surface area (Å²) in [6.45, 7) is 3.88. The van der Waals surface area contributed by atoms with Crippen molar-refractivity contribution in [3.63, 3.8) is 0 Å². The van der Waals surface area contributed by atoms with Gasteiger partial charge in [0.2, 0.25) is 5.91 Å². The number of carbonyl (C=O) groups is 1. The van der Waals surface area contributed by atoms with Crippen LogP contribution in [-0.2, 0) is 11.2 Å². The average Bonchev–Trinajstić information content (AvgIpc) is 2.61. The van der Waals surface area contributed by atoms with Crippen LogP contribution in [0.15, 0.2) is 17.3 Å². The molecule has 1 aromatic heterocycles. The molecule has 0 radical (unpaired) electrons. The number of nitrogens with one attached hydrogen (secondary N) is 1.